The molecule has 2 aromatic heterocycles. The van der Waals surface area contributed by atoms with Gasteiger partial charge in [-0.25, -0.2) is 4.98 Å². The molecule has 1 atom stereocenters. The first-order valence-corrected chi connectivity index (χ1v) is 8.17. The van der Waals surface area contributed by atoms with Gasteiger partial charge in [0.1, 0.15) is 5.37 Å². The minimum absolute atomic E-state index is 0.0223. The first-order chi connectivity index (χ1) is 11.6. The van der Waals surface area contributed by atoms with Crippen LogP contribution in [0.25, 0.3) is 11.0 Å². The number of rotatable bonds is 3. The van der Waals surface area contributed by atoms with E-state index in [-0.39, 0.29) is 17.0 Å². The molecule has 4 rings (SSSR count). The fourth-order valence-electron chi connectivity index (χ4n) is 2.68. The number of carbonyl (C=O) groups is 1. The highest BCUT2D eigenvalue weighted by molar-refractivity contribution is 8.00. The Balaban J connectivity index is 1.75. The molecule has 1 N–H and O–H groups in total. The Kier molecular flexibility index (Phi) is 3.42. The Bertz CT molecular complexity index is 940. The van der Waals surface area contributed by atoms with Crippen molar-refractivity contribution in [2.75, 3.05) is 10.7 Å². The number of benzene rings is 1. The van der Waals surface area contributed by atoms with Gasteiger partial charge in [0.15, 0.2) is 11.5 Å². The summed E-state index contributed by atoms with van der Waals surface area (Å²) in [5.41, 5.74) is 1.45. The fraction of sp³-hybridized carbons (Fsp3) is 0.133. The third-order valence-electron chi connectivity index (χ3n) is 3.80. The normalized spacial score (nSPS) is 17.6. The number of hydrogen-bond donors (Lipinski definition) is 1. The minimum atomic E-state index is -0.443. The lowest BCUT2D eigenvalue weighted by atomic mass is 10.2. The predicted octanol–water partition coefficient (Wildman–Crippen LogP) is 2.64. The van der Waals surface area contributed by atoms with Gasteiger partial charge >= 0.3 is 0 Å². The zero-order valence-corrected chi connectivity index (χ0v) is 13.1. The summed E-state index contributed by atoms with van der Waals surface area (Å²) in [5.74, 6) is 0.799. The van der Waals surface area contributed by atoms with Gasteiger partial charge in [0.05, 0.1) is 16.1 Å². The van der Waals surface area contributed by atoms with Gasteiger partial charge in [-0.1, -0.05) is 0 Å². The van der Waals surface area contributed by atoms with Crippen molar-refractivity contribution in [2.24, 2.45) is 0 Å². The van der Waals surface area contributed by atoms with Crippen LogP contribution in [0, 0.1) is 10.1 Å². The average Bonchev–Trinajstić information content (AvgIpc) is 3.18. The van der Waals surface area contributed by atoms with Crippen LogP contribution in [0.1, 0.15) is 10.9 Å². The number of nitrogens with one attached hydrogen (secondary N) is 1. The van der Waals surface area contributed by atoms with Crippen molar-refractivity contribution in [3.8, 4) is 0 Å². The van der Waals surface area contributed by atoms with E-state index < -0.39 is 4.92 Å². The van der Waals surface area contributed by atoms with E-state index in [9.17, 15) is 14.9 Å². The van der Waals surface area contributed by atoms with Gasteiger partial charge in [0.2, 0.25) is 5.91 Å². The summed E-state index contributed by atoms with van der Waals surface area (Å²) in [7, 11) is 0. The molecule has 0 bridgehead atoms. The summed E-state index contributed by atoms with van der Waals surface area (Å²) in [6, 6.07) is 9.88. The van der Waals surface area contributed by atoms with Crippen LogP contribution in [-0.4, -0.2) is 31.8 Å². The largest absolute Gasteiger partial charge is 0.277 e. The van der Waals surface area contributed by atoms with Gasteiger partial charge < -0.3 is 0 Å². The molecule has 0 aliphatic carbocycles. The van der Waals surface area contributed by atoms with Crippen molar-refractivity contribution in [2.45, 2.75) is 5.37 Å². The van der Waals surface area contributed by atoms with Gasteiger partial charge in [0, 0.05) is 18.3 Å². The molecule has 0 radical (unpaired) electrons. The molecule has 120 valence electrons. The van der Waals surface area contributed by atoms with Gasteiger partial charge in [0.25, 0.3) is 5.69 Å². The minimum Gasteiger partial charge on any atom is -0.277 e. The number of aromatic nitrogens is 3. The molecule has 0 saturated carbocycles. The van der Waals surface area contributed by atoms with Crippen LogP contribution in [0.4, 0.5) is 11.5 Å². The maximum atomic E-state index is 12.4. The molecule has 9 heteroatoms. The molecule has 1 amide bonds. The third-order valence-corrected chi connectivity index (χ3v) is 5.01. The Morgan fingerprint density at radius 2 is 2.08 bits per heavy atom. The number of nitro benzene ring substituents is 1. The van der Waals surface area contributed by atoms with E-state index in [1.165, 1.54) is 23.9 Å². The number of thioether (sulfide) groups is 1. The van der Waals surface area contributed by atoms with Crippen molar-refractivity contribution in [3.05, 3.63) is 58.3 Å². The number of fused-ring (bicyclic) bond motifs is 1. The highest BCUT2D eigenvalue weighted by atomic mass is 32.2. The molecule has 0 spiro atoms. The second-order valence-corrected chi connectivity index (χ2v) is 6.29. The number of pyridine rings is 1. The highest BCUT2D eigenvalue weighted by Crippen LogP contribution is 2.43. The molecule has 0 unspecified atom stereocenters. The maximum absolute atomic E-state index is 12.4. The first-order valence-electron chi connectivity index (χ1n) is 7.12. The lowest BCUT2D eigenvalue weighted by Gasteiger charge is -2.22. The second-order valence-electron chi connectivity index (χ2n) is 5.22. The van der Waals surface area contributed by atoms with E-state index in [4.69, 9.17) is 0 Å². The topological polar surface area (TPSA) is 105 Å². The molecule has 3 heterocycles. The molecule has 3 aromatic rings. The Morgan fingerprint density at radius 3 is 2.83 bits per heavy atom. The predicted molar refractivity (Wildman–Crippen MR) is 89.7 cm³/mol. The molecule has 1 fully saturated rings. The standard InChI is InChI=1S/C15H11N5O3S/c21-12-8-24-15(9-3-5-10(6-4-9)20(22)23)19(12)14-11-2-1-7-16-13(11)17-18-14/h1-7,15H,8H2,(H,16,17,18)/t15-/m1/s1. The van der Waals surface area contributed by atoms with Crippen LogP contribution < -0.4 is 4.90 Å². The number of hydrogen-bond acceptors (Lipinski definition) is 6. The SMILES string of the molecule is O=C1CS[C@H](c2ccc([N+](=O)[O-])cc2)N1c1n[nH]c2ncccc12. The van der Waals surface area contributed by atoms with E-state index in [1.807, 2.05) is 6.07 Å². The zero-order valence-electron chi connectivity index (χ0n) is 12.2. The van der Waals surface area contributed by atoms with Crippen molar-refractivity contribution in [3.63, 3.8) is 0 Å². The van der Waals surface area contributed by atoms with Crippen LogP contribution in [0.3, 0.4) is 0 Å². The summed E-state index contributed by atoms with van der Waals surface area (Å²) in [6.07, 6.45) is 1.65. The Labute approximate surface area is 140 Å². The fourth-order valence-corrected chi connectivity index (χ4v) is 3.84. The molecule has 8 nitrogen and oxygen atoms in total. The lowest BCUT2D eigenvalue weighted by Crippen LogP contribution is -2.28. The van der Waals surface area contributed by atoms with E-state index in [2.05, 4.69) is 15.2 Å². The van der Waals surface area contributed by atoms with Crippen LogP contribution >= 0.6 is 11.8 Å². The summed E-state index contributed by atoms with van der Waals surface area (Å²) in [5, 5.41) is 18.4. The maximum Gasteiger partial charge on any atom is 0.269 e. The highest BCUT2D eigenvalue weighted by Gasteiger charge is 2.36. The van der Waals surface area contributed by atoms with Gasteiger partial charge in [-0.2, -0.15) is 5.10 Å². The molecule has 1 aliphatic rings. The molecular weight excluding hydrogens is 330 g/mol. The molecule has 1 aliphatic heterocycles. The number of aromatic amines is 1. The summed E-state index contributed by atoms with van der Waals surface area (Å²) in [6.45, 7) is 0. The van der Waals surface area contributed by atoms with E-state index >= 15 is 0 Å². The molecule has 24 heavy (non-hydrogen) atoms. The molecule has 1 aromatic carbocycles. The number of non-ortho nitro benzene ring substituents is 1. The van der Waals surface area contributed by atoms with Gasteiger partial charge in [-0.15, -0.1) is 11.8 Å². The first kappa shape index (κ1) is 14.6. The lowest BCUT2D eigenvalue weighted by molar-refractivity contribution is -0.384. The summed E-state index contributed by atoms with van der Waals surface area (Å²) < 4.78 is 0. The summed E-state index contributed by atoms with van der Waals surface area (Å²) in [4.78, 5) is 28.6. The number of H-pyrrole nitrogens is 1. The number of nitrogens with zero attached hydrogens (tertiary/aromatic N) is 4. The second kappa shape index (κ2) is 5.60. The van der Waals surface area contributed by atoms with Crippen LogP contribution in [0.5, 0.6) is 0 Å². The molecule has 1 saturated heterocycles. The van der Waals surface area contributed by atoms with E-state index in [1.54, 1.807) is 29.3 Å². The van der Waals surface area contributed by atoms with Crippen molar-refractivity contribution in [1.82, 2.24) is 15.2 Å². The Hall–Kier alpha value is -2.94. The summed E-state index contributed by atoms with van der Waals surface area (Å²) >= 11 is 1.46. The van der Waals surface area contributed by atoms with Crippen LogP contribution in [0.2, 0.25) is 0 Å². The number of carbonyl (C=O) groups excluding carboxylic acids is 1. The number of amides is 1. The van der Waals surface area contributed by atoms with Crippen molar-refractivity contribution >= 4 is 40.2 Å². The van der Waals surface area contributed by atoms with E-state index in [0.29, 0.717) is 17.2 Å². The smallest absolute Gasteiger partial charge is 0.269 e. The van der Waals surface area contributed by atoms with Gasteiger partial charge in [-0.05, 0) is 29.8 Å². The van der Waals surface area contributed by atoms with Gasteiger partial charge in [-0.3, -0.25) is 24.9 Å². The zero-order chi connectivity index (χ0) is 16.7. The third kappa shape index (κ3) is 2.29. The van der Waals surface area contributed by atoms with Crippen molar-refractivity contribution < 1.29 is 9.72 Å². The van der Waals surface area contributed by atoms with Crippen LogP contribution in [0.15, 0.2) is 42.6 Å². The van der Waals surface area contributed by atoms with Crippen molar-refractivity contribution in [1.29, 1.82) is 0 Å². The monoisotopic (exact) mass is 341 g/mol. The molecular formula is C15H11N5O3S. The van der Waals surface area contributed by atoms with Crippen LogP contribution in [-0.2, 0) is 4.79 Å². The number of nitro groups is 1. The Morgan fingerprint density at radius 1 is 1.29 bits per heavy atom. The number of anilines is 1. The van der Waals surface area contributed by atoms with E-state index in [0.717, 1.165) is 10.9 Å². The average molecular weight is 341 g/mol. The quantitative estimate of drug-likeness (QED) is 0.580.